The molecule has 5 rings (SSSR count). The molecule has 44 heavy (non-hydrogen) atoms. The van der Waals surface area contributed by atoms with Gasteiger partial charge in [-0.15, -0.1) is 0 Å². The van der Waals surface area contributed by atoms with E-state index in [1.165, 1.54) is 16.4 Å². The third kappa shape index (κ3) is 7.51. The zero-order chi connectivity index (χ0) is 31.6. The molecule has 1 N–H and O–H groups in total. The lowest BCUT2D eigenvalue weighted by Crippen LogP contribution is -2.59. The molecular formula is C33H34Cl2FN2O5S-. The fraction of sp³-hybridized carbons (Fsp3) is 0.394. The molecule has 5 atom stereocenters. The van der Waals surface area contributed by atoms with Gasteiger partial charge in [-0.05, 0) is 84.7 Å². The van der Waals surface area contributed by atoms with Gasteiger partial charge < -0.3 is 14.6 Å². The van der Waals surface area contributed by atoms with Gasteiger partial charge in [-0.25, -0.2) is 8.70 Å². The number of aliphatic carboxylic acids is 1. The van der Waals surface area contributed by atoms with Crippen LogP contribution in [0.15, 0.2) is 72.8 Å². The molecule has 1 saturated heterocycles. The number of nitrogens with zero attached hydrogens (tertiary/aromatic N) is 2. The Bertz CT molecular complexity index is 1540. The van der Waals surface area contributed by atoms with Crippen molar-refractivity contribution in [1.82, 2.24) is 9.21 Å². The summed E-state index contributed by atoms with van der Waals surface area (Å²) in [5.41, 5.74) is 1.08. The van der Waals surface area contributed by atoms with Crippen LogP contribution in [0.1, 0.15) is 61.3 Å². The molecular weight excluding hydrogens is 626 g/mol. The maximum atomic E-state index is 14.6. The van der Waals surface area contributed by atoms with Crippen LogP contribution < -0.4 is 0 Å². The lowest BCUT2D eigenvalue weighted by Gasteiger charge is -2.52. The molecule has 0 spiro atoms. The van der Waals surface area contributed by atoms with E-state index in [0.717, 1.165) is 24.0 Å². The summed E-state index contributed by atoms with van der Waals surface area (Å²) < 4.78 is 40.2. The minimum atomic E-state index is -2.62. The number of carbonyl (C=O) groups excluding carboxylic acids is 1. The topological polar surface area (TPSA) is 101 Å². The van der Waals surface area contributed by atoms with Crippen LogP contribution in [0.25, 0.3) is 0 Å². The molecule has 0 bridgehead atoms. The number of piperidine rings is 1. The average molecular weight is 661 g/mol. The summed E-state index contributed by atoms with van der Waals surface area (Å²) in [4.78, 5) is 28.5. The second-order valence-corrected chi connectivity index (χ2v) is 13.9. The monoisotopic (exact) mass is 659 g/mol. The molecule has 3 unspecified atom stereocenters. The first-order chi connectivity index (χ1) is 20.9. The number of hydrogen-bond donors (Lipinski definition) is 1. The SMILES string of the molecule is C[C@]1(CC(=O)O)CC(c2cccc(Cl)c2)[C@@H](c2ccc(Cl)cc2)N(C(CN(CCc2cccc(F)c2)S(=O)[O-])C2CC2)C1=O. The number of carboxylic acids is 1. The zero-order valence-electron chi connectivity index (χ0n) is 24.2. The normalized spacial score (nSPS) is 23.5. The fourth-order valence-electron chi connectivity index (χ4n) is 6.57. The van der Waals surface area contributed by atoms with E-state index in [4.69, 9.17) is 23.2 Å². The van der Waals surface area contributed by atoms with Crippen molar-refractivity contribution in [2.45, 2.75) is 57.0 Å². The largest absolute Gasteiger partial charge is 0.760 e. The van der Waals surface area contributed by atoms with Crippen LogP contribution in [0.5, 0.6) is 0 Å². The first-order valence-corrected chi connectivity index (χ1v) is 16.4. The first-order valence-electron chi connectivity index (χ1n) is 14.6. The number of amides is 1. The highest BCUT2D eigenvalue weighted by Crippen LogP contribution is 2.54. The lowest BCUT2D eigenvalue weighted by molar-refractivity contribution is -0.161. The fourth-order valence-corrected chi connectivity index (χ4v) is 7.41. The molecule has 1 aliphatic carbocycles. The van der Waals surface area contributed by atoms with Gasteiger partial charge in [0.25, 0.3) is 0 Å². The molecule has 2 aliphatic rings. The Kier molecular flexibility index (Phi) is 10.1. The highest BCUT2D eigenvalue weighted by atomic mass is 35.5. The number of hydrogen-bond acceptors (Lipinski definition) is 4. The molecule has 234 valence electrons. The second-order valence-electron chi connectivity index (χ2n) is 12.1. The summed E-state index contributed by atoms with van der Waals surface area (Å²) in [6.07, 6.45) is 1.79. The van der Waals surface area contributed by atoms with Gasteiger partial charge in [0, 0.05) is 46.4 Å². The standard InChI is InChI=1S/C33H35Cl2FN2O5S/c1-33(19-30(39)40)18-28(24-5-3-6-26(35)17-24)31(23-10-12-25(34)13-11-23)38(32(33)41)29(22-8-9-22)20-37(44(42)43)15-14-21-4-2-7-27(36)16-21/h2-7,10-13,16-17,22,28-29,31H,8-9,14-15,18-20H2,1H3,(H,39,40)(H,42,43)/p-1/t28?,29?,31-,33-/m1/s1. The van der Waals surface area contributed by atoms with Crippen molar-refractivity contribution in [3.8, 4) is 0 Å². The zero-order valence-corrected chi connectivity index (χ0v) is 26.5. The summed E-state index contributed by atoms with van der Waals surface area (Å²) in [7, 11) is 0. The van der Waals surface area contributed by atoms with Gasteiger partial charge in [0.05, 0.1) is 17.9 Å². The molecule has 1 saturated carbocycles. The Morgan fingerprint density at radius 2 is 1.80 bits per heavy atom. The van der Waals surface area contributed by atoms with E-state index in [1.54, 1.807) is 42.2 Å². The third-order valence-corrected chi connectivity index (χ3v) is 10.0. The maximum absolute atomic E-state index is 14.6. The van der Waals surface area contributed by atoms with Gasteiger partial charge in [0.1, 0.15) is 5.82 Å². The average Bonchev–Trinajstić information content (AvgIpc) is 3.80. The van der Waals surface area contributed by atoms with Crippen molar-refractivity contribution in [3.05, 3.63) is 105 Å². The van der Waals surface area contributed by atoms with E-state index < -0.39 is 40.6 Å². The number of carboxylic acid groups (broad SMARTS) is 1. The van der Waals surface area contributed by atoms with Crippen molar-refractivity contribution in [1.29, 1.82) is 0 Å². The predicted molar refractivity (Wildman–Crippen MR) is 167 cm³/mol. The van der Waals surface area contributed by atoms with Gasteiger partial charge >= 0.3 is 5.97 Å². The molecule has 1 heterocycles. The van der Waals surface area contributed by atoms with Crippen molar-refractivity contribution >= 4 is 46.3 Å². The number of halogens is 3. The second kappa shape index (κ2) is 13.7. The summed E-state index contributed by atoms with van der Waals surface area (Å²) >= 11 is 10.1. The molecule has 11 heteroatoms. The number of carbonyl (C=O) groups is 2. The van der Waals surface area contributed by atoms with Crippen LogP contribution in [0.2, 0.25) is 10.0 Å². The Morgan fingerprint density at radius 3 is 2.41 bits per heavy atom. The van der Waals surface area contributed by atoms with Gasteiger partial charge in [-0.3, -0.25) is 13.8 Å². The van der Waals surface area contributed by atoms with E-state index in [9.17, 15) is 27.8 Å². The van der Waals surface area contributed by atoms with E-state index in [2.05, 4.69) is 0 Å². The Balaban J connectivity index is 1.59. The first kappa shape index (κ1) is 32.6. The van der Waals surface area contributed by atoms with Gasteiger partial charge in [-0.2, -0.15) is 0 Å². The van der Waals surface area contributed by atoms with Crippen LogP contribution in [0.4, 0.5) is 4.39 Å². The Morgan fingerprint density at radius 1 is 1.09 bits per heavy atom. The molecule has 1 aliphatic heterocycles. The Labute approximate surface area is 269 Å². The van der Waals surface area contributed by atoms with Crippen LogP contribution in [0.3, 0.4) is 0 Å². The van der Waals surface area contributed by atoms with Crippen LogP contribution in [-0.4, -0.2) is 54.1 Å². The van der Waals surface area contributed by atoms with Gasteiger partial charge in [0.15, 0.2) is 0 Å². The van der Waals surface area contributed by atoms with E-state index in [1.807, 2.05) is 30.3 Å². The van der Waals surface area contributed by atoms with Crippen LogP contribution in [-0.2, 0) is 27.3 Å². The van der Waals surface area contributed by atoms with E-state index >= 15 is 0 Å². The molecule has 1 amide bonds. The summed E-state index contributed by atoms with van der Waals surface area (Å²) in [6, 6.07) is 19.6. The van der Waals surface area contributed by atoms with E-state index in [0.29, 0.717) is 22.0 Å². The minimum Gasteiger partial charge on any atom is -0.760 e. The molecule has 3 aromatic carbocycles. The summed E-state index contributed by atoms with van der Waals surface area (Å²) in [5.74, 6) is -2.12. The van der Waals surface area contributed by atoms with Crippen molar-refractivity contribution < 1.29 is 27.8 Å². The molecule has 0 radical (unpaired) electrons. The minimum absolute atomic E-state index is 0.0251. The Hall–Kier alpha value is -2.82. The highest BCUT2D eigenvalue weighted by molar-refractivity contribution is 7.76. The highest BCUT2D eigenvalue weighted by Gasteiger charge is 2.54. The lowest BCUT2D eigenvalue weighted by atomic mass is 9.67. The molecule has 2 fully saturated rings. The van der Waals surface area contributed by atoms with Gasteiger partial charge in [0.2, 0.25) is 5.91 Å². The van der Waals surface area contributed by atoms with Crippen molar-refractivity contribution in [2.75, 3.05) is 13.1 Å². The molecule has 0 aromatic heterocycles. The van der Waals surface area contributed by atoms with Crippen molar-refractivity contribution in [2.24, 2.45) is 11.3 Å². The number of likely N-dealkylation sites (tertiary alicyclic amines) is 1. The van der Waals surface area contributed by atoms with E-state index in [-0.39, 0.29) is 43.7 Å². The van der Waals surface area contributed by atoms with Crippen LogP contribution >= 0.6 is 23.2 Å². The maximum Gasteiger partial charge on any atom is 0.304 e. The number of rotatable bonds is 12. The van der Waals surface area contributed by atoms with Crippen LogP contribution in [0, 0.1) is 17.2 Å². The summed E-state index contributed by atoms with van der Waals surface area (Å²) in [6.45, 7) is 1.81. The molecule has 7 nitrogen and oxygen atoms in total. The smallest absolute Gasteiger partial charge is 0.304 e. The summed E-state index contributed by atoms with van der Waals surface area (Å²) in [5, 5.41) is 10.9. The van der Waals surface area contributed by atoms with Gasteiger partial charge in [-0.1, -0.05) is 66.5 Å². The predicted octanol–water partition coefficient (Wildman–Crippen LogP) is 6.79. The molecule has 3 aromatic rings. The quantitative estimate of drug-likeness (QED) is 0.216. The third-order valence-electron chi connectivity index (χ3n) is 8.80. The van der Waals surface area contributed by atoms with Crippen molar-refractivity contribution in [3.63, 3.8) is 0 Å². The number of benzene rings is 3.